The van der Waals surface area contributed by atoms with Gasteiger partial charge in [0.05, 0.1) is 16.8 Å². The van der Waals surface area contributed by atoms with E-state index in [1.165, 1.54) is 6.07 Å². The lowest BCUT2D eigenvalue weighted by atomic mass is 10.0. The van der Waals surface area contributed by atoms with Crippen LogP contribution in [0.3, 0.4) is 0 Å². The van der Waals surface area contributed by atoms with Crippen LogP contribution < -0.4 is 5.32 Å². The Kier molecular flexibility index (Phi) is 4.03. The summed E-state index contributed by atoms with van der Waals surface area (Å²) in [6.07, 6.45) is 0. The Balaban J connectivity index is 2.28. The third kappa shape index (κ3) is 3.04. The lowest BCUT2D eigenvalue weighted by molar-refractivity contribution is 0.617. The first-order valence-electron chi connectivity index (χ1n) is 5.78. The van der Waals surface area contributed by atoms with Gasteiger partial charge in [0.2, 0.25) is 0 Å². The Morgan fingerprint density at radius 1 is 1.26 bits per heavy atom. The molecule has 1 N–H and O–H groups in total. The van der Waals surface area contributed by atoms with Crippen molar-refractivity contribution >= 4 is 17.3 Å². The fraction of sp³-hybridized carbons (Fsp3) is 0.133. The van der Waals surface area contributed by atoms with Crippen LogP contribution in [0.2, 0.25) is 5.02 Å². The topological polar surface area (TPSA) is 35.8 Å². The highest BCUT2D eigenvalue weighted by molar-refractivity contribution is 6.33. The van der Waals surface area contributed by atoms with Gasteiger partial charge in [0.1, 0.15) is 11.9 Å². The second-order valence-corrected chi connectivity index (χ2v) is 4.60. The summed E-state index contributed by atoms with van der Waals surface area (Å²) in [4.78, 5) is 0. The molecule has 0 heterocycles. The molecule has 1 atom stereocenters. The second kappa shape index (κ2) is 5.73. The predicted molar refractivity (Wildman–Crippen MR) is 74.6 cm³/mol. The number of nitriles is 1. The van der Waals surface area contributed by atoms with E-state index in [-0.39, 0.29) is 5.82 Å². The minimum atomic E-state index is -0.570. The molecule has 19 heavy (non-hydrogen) atoms. The van der Waals surface area contributed by atoms with E-state index in [1.807, 2.05) is 12.1 Å². The molecule has 0 aromatic heterocycles. The fourth-order valence-electron chi connectivity index (χ4n) is 1.77. The van der Waals surface area contributed by atoms with Crippen molar-refractivity contribution in [3.05, 3.63) is 64.4 Å². The van der Waals surface area contributed by atoms with Crippen molar-refractivity contribution in [1.29, 1.82) is 5.26 Å². The van der Waals surface area contributed by atoms with Crippen molar-refractivity contribution < 1.29 is 4.39 Å². The van der Waals surface area contributed by atoms with Gasteiger partial charge in [-0.3, -0.25) is 0 Å². The first-order chi connectivity index (χ1) is 9.11. The molecule has 0 aliphatic heterocycles. The normalized spacial score (nSPS) is 11.7. The molecular weight excluding hydrogens is 263 g/mol. The summed E-state index contributed by atoms with van der Waals surface area (Å²) >= 11 is 6.04. The highest BCUT2D eigenvalue weighted by Crippen LogP contribution is 2.26. The molecule has 1 unspecified atom stereocenters. The van der Waals surface area contributed by atoms with E-state index in [0.29, 0.717) is 21.8 Å². The van der Waals surface area contributed by atoms with E-state index in [0.717, 1.165) is 0 Å². The highest BCUT2D eigenvalue weighted by atomic mass is 35.5. The van der Waals surface area contributed by atoms with Gasteiger partial charge in [0.15, 0.2) is 0 Å². The van der Waals surface area contributed by atoms with Crippen molar-refractivity contribution in [2.24, 2.45) is 0 Å². The van der Waals surface area contributed by atoms with Gasteiger partial charge in [-0.25, -0.2) is 4.39 Å². The molecule has 0 aliphatic carbocycles. The Hall–Kier alpha value is -2.05. The zero-order chi connectivity index (χ0) is 13.8. The van der Waals surface area contributed by atoms with Gasteiger partial charge in [0.25, 0.3) is 0 Å². The quantitative estimate of drug-likeness (QED) is 0.897. The van der Waals surface area contributed by atoms with Gasteiger partial charge in [-0.2, -0.15) is 5.26 Å². The third-order valence-electron chi connectivity index (χ3n) is 2.82. The van der Waals surface area contributed by atoms with Crippen molar-refractivity contribution in [3.8, 4) is 6.07 Å². The maximum atomic E-state index is 13.2. The molecule has 96 valence electrons. The van der Waals surface area contributed by atoms with Crippen LogP contribution in [0.25, 0.3) is 0 Å². The largest absolute Gasteiger partial charge is 0.365 e. The number of aryl methyl sites for hydroxylation is 1. The monoisotopic (exact) mass is 274 g/mol. The van der Waals surface area contributed by atoms with Crippen LogP contribution in [0.1, 0.15) is 17.2 Å². The molecule has 0 spiro atoms. The highest BCUT2D eigenvalue weighted by Gasteiger charge is 2.13. The van der Waals surface area contributed by atoms with Crippen molar-refractivity contribution in [3.63, 3.8) is 0 Å². The van der Waals surface area contributed by atoms with Gasteiger partial charge in [-0.1, -0.05) is 35.9 Å². The van der Waals surface area contributed by atoms with Gasteiger partial charge in [-0.05, 0) is 36.2 Å². The number of rotatable bonds is 3. The summed E-state index contributed by atoms with van der Waals surface area (Å²) in [5, 5.41) is 12.8. The smallest absolute Gasteiger partial charge is 0.140 e. The minimum Gasteiger partial charge on any atom is -0.365 e. The Morgan fingerprint density at radius 2 is 2.00 bits per heavy atom. The van der Waals surface area contributed by atoms with E-state index < -0.39 is 6.04 Å². The SMILES string of the molecule is Cc1cc(C(C#N)Nc2ccccc2Cl)ccc1F. The maximum absolute atomic E-state index is 13.2. The Morgan fingerprint density at radius 3 is 2.63 bits per heavy atom. The molecular formula is C15H12ClFN2. The summed E-state index contributed by atoms with van der Waals surface area (Å²) < 4.78 is 13.2. The summed E-state index contributed by atoms with van der Waals surface area (Å²) in [5.74, 6) is -0.279. The summed E-state index contributed by atoms with van der Waals surface area (Å²) in [5.41, 5.74) is 1.90. The average Bonchev–Trinajstić information content (AvgIpc) is 2.41. The molecule has 0 amide bonds. The summed E-state index contributed by atoms with van der Waals surface area (Å²) in [6.45, 7) is 1.67. The molecule has 2 aromatic rings. The second-order valence-electron chi connectivity index (χ2n) is 4.19. The molecule has 2 aromatic carbocycles. The van der Waals surface area contributed by atoms with Gasteiger partial charge in [0, 0.05) is 0 Å². The molecule has 2 nitrogen and oxygen atoms in total. The predicted octanol–water partition coefficient (Wildman–Crippen LogP) is 4.46. The number of nitrogens with one attached hydrogen (secondary N) is 1. The fourth-order valence-corrected chi connectivity index (χ4v) is 1.96. The van der Waals surface area contributed by atoms with Crippen LogP contribution in [0.4, 0.5) is 10.1 Å². The Labute approximate surface area is 116 Å². The van der Waals surface area contributed by atoms with E-state index in [2.05, 4.69) is 11.4 Å². The lowest BCUT2D eigenvalue weighted by Crippen LogP contribution is -2.09. The number of hydrogen-bond donors (Lipinski definition) is 1. The number of para-hydroxylation sites is 1. The Bertz CT molecular complexity index is 634. The van der Waals surface area contributed by atoms with Crippen LogP contribution in [0, 0.1) is 24.1 Å². The third-order valence-corrected chi connectivity index (χ3v) is 3.15. The van der Waals surface area contributed by atoms with Gasteiger partial charge in [-0.15, -0.1) is 0 Å². The molecule has 2 rings (SSSR count). The van der Waals surface area contributed by atoms with E-state index in [4.69, 9.17) is 11.6 Å². The number of hydrogen-bond acceptors (Lipinski definition) is 2. The maximum Gasteiger partial charge on any atom is 0.140 e. The number of nitrogens with zero attached hydrogens (tertiary/aromatic N) is 1. The number of halogens is 2. The zero-order valence-corrected chi connectivity index (χ0v) is 11.1. The average molecular weight is 275 g/mol. The van der Waals surface area contributed by atoms with Gasteiger partial charge >= 0.3 is 0 Å². The molecule has 0 aliphatic rings. The van der Waals surface area contributed by atoms with Gasteiger partial charge < -0.3 is 5.32 Å². The molecule has 0 bridgehead atoms. The molecule has 0 radical (unpaired) electrons. The molecule has 0 saturated carbocycles. The van der Waals surface area contributed by atoms with E-state index in [9.17, 15) is 9.65 Å². The van der Waals surface area contributed by atoms with Crippen LogP contribution >= 0.6 is 11.6 Å². The number of anilines is 1. The summed E-state index contributed by atoms with van der Waals surface area (Å²) in [6, 6.07) is 13.4. The molecule has 0 saturated heterocycles. The standard InChI is InChI=1S/C15H12ClFN2/c1-10-8-11(6-7-13(10)17)15(9-18)19-14-5-3-2-4-12(14)16/h2-8,15,19H,1H3. The first kappa shape index (κ1) is 13.4. The summed E-state index contributed by atoms with van der Waals surface area (Å²) in [7, 11) is 0. The van der Waals surface area contributed by atoms with Crippen LogP contribution in [0.5, 0.6) is 0 Å². The number of benzene rings is 2. The van der Waals surface area contributed by atoms with E-state index in [1.54, 1.807) is 31.2 Å². The van der Waals surface area contributed by atoms with E-state index >= 15 is 0 Å². The van der Waals surface area contributed by atoms with Crippen molar-refractivity contribution in [1.82, 2.24) is 0 Å². The molecule has 4 heteroatoms. The van der Waals surface area contributed by atoms with Crippen LogP contribution in [-0.2, 0) is 0 Å². The molecule has 0 fully saturated rings. The zero-order valence-electron chi connectivity index (χ0n) is 10.3. The van der Waals surface area contributed by atoms with Crippen LogP contribution in [0.15, 0.2) is 42.5 Å². The lowest BCUT2D eigenvalue weighted by Gasteiger charge is -2.15. The first-order valence-corrected chi connectivity index (χ1v) is 6.16. The van der Waals surface area contributed by atoms with Crippen molar-refractivity contribution in [2.75, 3.05) is 5.32 Å². The van der Waals surface area contributed by atoms with Crippen LogP contribution in [-0.4, -0.2) is 0 Å². The van der Waals surface area contributed by atoms with Crippen molar-refractivity contribution in [2.45, 2.75) is 13.0 Å². The minimum absolute atomic E-state index is 0.279.